The Labute approximate surface area is 156 Å². The van der Waals surface area contributed by atoms with Crippen LogP contribution in [0.15, 0.2) is 11.1 Å². The molecule has 1 aliphatic heterocycles. The molecule has 10 atom stereocenters. The molecule has 4 nitrogen and oxygen atoms in total. The number of carbonyl (C=O) groups is 1. The highest BCUT2D eigenvalue weighted by atomic mass is 16.2. The second-order valence-electron chi connectivity index (χ2n) is 10.4. The van der Waals surface area contributed by atoms with Crippen molar-refractivity contribution in [3.63, 3.8) is 0 Å². The molecule has 0 aromatic carbocycles. The molecule has 0 aromatic rings. The summed E-state index contributed by atoms with van der Waals surface area (Å²) in [5.41, 5.74) is 7.46. The Bertz CT molecular complexity index is 716. The molecule has 7 aliphatic rings. The lowest BCUT2D eigenvalue weighted by atomic mass is 9.83. The normalized spacial score (nSPS) is 55.2. The summed E-state index contributed by atoms with van der Waals surface area (Å²) >= 11 is 0. The fourth-order valence-electron chi connectivity index (χ4n) is 9.59. The van der Waals surface area contributed by atoms with E-state index in [0.717, 1.165) is 47.3 Å². The number of nitrogens with one attached hydrogen (secondary N) is 2. The number of amides is 2. The Morgan fingerprint density at radius 3 is 2.23 bits per heavy atom. The first-order chi connectivity index (χ1) is 12.8. The third-order valence-electron chi connectivity index (χ3n) is 10.1. The van der Waals surface area contributed by atoms with E-state index in [2.05, 4.69) is 15.8 Å². The van der Waals surface area contributed by atoms with Crippen LogP contribution in [0.2, 0.25) is 0 Å². The molecule has 0 radical (unpaired) electrons. The van der Waals surface area contributed by atoms with Gasteiger partial charge in [0.25, 0.3) is 0 Å². The van der Waals surface area contributed by atoms with Gasteiger partial charge in [-0.2, -0.15) is 0 Å². The van der Waals surface area contributed by atoms with E-state index >= 15 is 0 Å². The molecule has 0 bridgehead atoms. The van der Waals surface area contributed by atoms with Gasteiger partial charge in [-0.05, 0) is 110 Å². The molecule has 7 rings (SSSR count). The van der Waals surface area contributed by atoms with Crippen LogP contribution in [0.5, 0.6) is 0 Å². The molecule has 26 heavy (non-hydrogen) atoms. The molecule has 2 N–H and O–H groups in total. The minimum Gasteiger partial charge on any atom is -0.340 e. The molecule has 6 aliphatic carbocycles. The van der Waals surface area contributed by atoms with E-state index in [-0.39, 0.29) is 6.03 Å². The summed E-state index contributed by atoms with van der Waals surface area (Å²) in [4.78, 5) is 12.9. The maximum atomic E-state index is 12.9. The highest BCUT2D eigenvalue weighted by molar-refractivity contribution is 5.75. The molecule has 6 fully saturated rings. The molecule has 1 heterocycles. The van der Waals surface area contributed by atoms with Crippen LogP contribution in [-0.2, 0) is 0 Å². The fourth-order valence-corrected chi connectivity index (χ4v) is 9.59. The third kappa shape index (κ3) is 1.54. The lowest BCUT2D eigenvalue weighted by molar-refractivity contribution is 0.0984. The third-order valence-corrected chi connectivity index (χ3v) is 10.1. The van der Waals surface area contributed by atoms with Gasteiger partial charge in [-0.1, -0.05) is 0 Å². The van der Waals surface area contributed by atoms with Crippen LogP contribution in [-0.4, -0.2) is 30.2 Å². The lowest BCUT2D eigenvalue weighted by Gasteiger charge is -2.43. The first kappa shape index (κ1) is 15.0. The molecule has 2 amide bonds. The van der Waals surface area contributed by atoms with Gasteiger partial charge in [-0.15, -0.1) is 0 Å². The predicted octanol–water partition coefficient (Wildman–Crippen LogP) is 3.31. The van der Waals surface area contributed by atoms with E-state index in [9.17, 15) is 4.79 Å². The van der Waals surface area contributed by atoms with E-state index in [1.165, 1.54) is 51.4 Å². The Hall–Kier alpha value is -1.03. The summed E-state index contributed by atoms with van der Waals surface area (Å²) in [5.74, 6) is 6.92. The number of carbonyl (C=O) groups excluding carboxylic acids is 1. The van der Waals surface area contributed by atoms with Gasteiger partial charge in [0.15, 0.2) is 0 Å². The largest absolute Gasteiger partial charge is 0.340 e. The quantitative estimate of drug-likeness (QED) is 0.656. The van der Waals surface area contributed by atoms with Crippen LogP contribution in [0.4, 0.5) is 4.79 Å². The van der Waals surface area contributed by atoms with Crippen molar-refractivity contribution in [2.24, 2.45) is 47.3 Å². The van der Waals surface area contributed by atoms with Gasteiger partial charge in [0.05, 0.1) is 12.1 Å². The Kier molecular flexibility index (Phi) is 2.80. The van der Waals surface area contributed by atoms with Crippen molar-refractivity contribution >= 4 is 6.03 Å². The maximum Gasteiger partial charge on any atom is 0.332 e. The molecule has 0 unspecified atom stereocenters. The summed E-state index contributed by atoms with van der Waals surface area (Å²) in [6, 6.07) is 0.928. The average molecular weight is 354 g/mol. The molecular formula is C22H31N3O. The monoisotopic (exact) mass is 353 g/mol. The summed E-state index contributed by atoms with van der Waals surface area (Å²) in [6.45, 7) is 0. The standard InChI is InChI=1S/C22H31N3O/c1-23-22(26)25-21-15-9-5-11-3-7-13(17(11)15)19(21)18-12-6-2-10-4-8-14(16(10)12)20(18)24-25/h10-17,20-21,24H,2-9H2,1H3,(H,23,26)/t10-,11+,12+,13-,14-,15-,16-,17+,20-,21-/m0/s1. The van der Waals surface area contributed by atoms with Crippen molar-refractivity contribution in [2.45, 2.75) is 63.5 Å². The van der Waals surface area contributed by atoms with E-state index in [1.807, 2.05) is 5.57 Å². The summed E-state index contributed by atoms with van der Waals surface area (Å²) in [7, 11) is 1.80. The van der Waals surface area contributed by atoms with Gasteiger partial charge in [0.1, 0.15) is 0 Å². The van der Waals surface area contributed by atoms with Crippen molar-refractivity contribution in [1.82, 2.24) is 15.8 Å². The van der Waals surface area contributed by atoms with Gasteiger partial charge >= 0.3 is 6.03 Å². The average Bonchev–Trinajstić information content (AvgIpc) is 3.43. The summed E-state index contributed by atoms with van der Waals surface area (Å²) in [6.07, 6.45) is 11.3. The molecule has 0 aromatic heterocycles. The second kappa shape index (κ2) is 4.87. The van der Waals surface area contributed by atoms with Crippen LogP contribution in [0.1, 0.15) is 51.4 Å². The first-order valence-corrected chi connectivity index (χ1v) is 11.3. The van der Waals surface area contributed by atoms with E-state index < -0.39 is 0 Å². The number of rotatable bonds is 0. The van der Waals surface area contributed by atoms with Crippen LogP contribution >= 0.6 is 0 Å². The Morgan fingerprint density at radius 2 is 1.50 bits per heavy atom. The fraction of sp³-hybridized carbons (Fsp3) is 0.864. The van der Waals surface area contributed by atoms with E-state index in [0.29, 0.717) is 12.1 Å². The maximum absolute atomic E-state index is 12.9. The molecule has 4 heteroatoms. The summed E-state index contributed by atoms with van der Waals surface area (Å²) < 4.78 is 0. The van der Waals surface area contributed by atoms with Crippen LogP contribution in [0.3, 0.4) is 0 Å². The van der Waals surface area contributed by atoms with Gasteiger partial charge in [0.2, 0.25) is 0 Å². The zero-order valence-corrected chi connectivity index (χ0v) is 15.8. The van der Waals surface area contributed by atoms with Gasteiger partial charge in [-0.3, -0.25) is 5.01 Å². The van der Waals surface area contributed by atoms with Gasteiger partial charge in [-0.25, -0.2) is 10.2 Å². The van der Waals surface area contributed by atoms with Gasteiger partial charge in [0, 0.05) is 7.05 Å². The zero-order valence-electron chi connectivity index (χ0n) is 15.8. The van der Waals surface area contributed by atoms with Crippen molar-refractivity contribution in [1.29, 1.82) is 0 Å². The zero-order chi connectivity index (χ0) is 17.2. The number of hydrogen-bond donors (Lipinski definition) is 2. The van der Waals surface area contributed by atoms with E-state index in [4.69, 9.17) is 0 Å². The molecular weight excluding hydrogens is 322 g/mol. The number of nitrogens with zero attached hydrogens (tertiary/aromatic N) is 1. The number of hydrazine groups is 1. The van der Waals surface area contributed by atoms with Crippen LogP contribution < -0.4 is 10.7 Å². The van der Waals surface area contributed by atoms with Crippen LogP contribution in [0.25, 0.3) is 0 Å². The van der Waals surface area contributed by atoms with Crippen molar-refractivity contribution in [3.8, 4) is 0 Å². The minimum atomic E-state index is 0.0987. The highest BCUT2D eigenvalue weighted by Gasteiger charge is 2.65. The topological polar surface area (TPSA) is 44.4 Å². The van der Waals surface area contributed by atoms with Crippen molar-refractivity contribution in [3.05, 3.63) is 11.1 Å². The highest BCUT2D eigenvalue weighted by Crippen LogP contribution is 2.68. The SMILES string of the molecule is CNC(=O)N1N[C@@H]2C(=C3[C@H]4CC[C@@H]5CC[C@@H]([C@H]54)[C@@H]31)[C@@H]1CC[C@H]3CC[C@H]2[C@@H]31. The second-order valence-corrected chi connectivity index (χ2v) is 10.4. The molecule has 0 saturated heterocycles. The van der Waals surface area contributed by atoms with Gasteiger partial charge < -0.3 is 5.32 Å². The minimum absolute atomic E-state index is 0.0987. The predicted molar refractivity (Wildman–Crippen MR) is 98.9 cm³/mol. The number of urea groups is 1. The lowest BCUT2D eigenvalue weighted by Crippen LogP contribution is -2.61. The van der Waals surface area contributed by atoms with Crippen LogP contribution in [0, 0.1) is 47.3 Å². The van der Waals surface area contributed by atoms with Crippen molar-refractivity contribution < 1.29 is 4.79 Å². The smallest absolute Gasteiger partial charge is 0.332 e. The number of hydrogen-bond acceptors (Lipinski definition) is 2. The molecule has 6 saturated carbocycles. The summed E-state index contributed by atoms with van der Waals surface area (Å²) in [5, 5.41) is 5.03. The Balaban J connectivity index is 1.42. The molecule has 0 spiro atoms. The van der Waals surface area contributed by atoms with E-state index in [1.54, 1.807) is 12.6 Å². The Morgan fingerprint density at radius 1 is 0.885 bits per heavy atom. The van der Waals surface area contributed by atoms with Crippen molar-refractivity contribution in [2.75, 3.05) is 7.05 Å². The number of fused-ring (bicyclic) bond motifs is 6. The molecule has 140 valence electrons. The first-order valence-electron chi connectivity index (χ1n) is 11.3.